The van der Waals surface area contributed by atoms with Crippen LogP contribution in [0.4, 0.5) is 5.69 Å². The molecule has 0 radical (unpaired) electrons. The fraction of sp³-hybridized carbons (Fsp3) is 0.400. The number of nitrogens with zero attached hydrogens (tertiary/aromatic N) is 1. The second-order valence-electron chi connectivity index (χ2n) is 5.40. The molecule has 1 aromatic rings. The van der Waals surface area contributed by atoms with Crippen molar-refractivity contribution in [2.45, 2.75) is 25.5 Å². The second-order valence-corrected chi connectivity index (χ2v) is 7.03. The highest BCUT2D eigenvalue weighted by atomic mass is 35.5. The molecular weight excluding hydrogens is 322 g/mol. The van der Waals surface area contributed by atoms with Crippen LogP contribution in [0.3, 0.4) is 0 Å². The fourth-order valence-electron chi connectivity index (χ4n) is 1.83. The van der Waals surface area contributed by atoms with E-state index in [1.54, 1.807) is 24.3 Å². The molecule has 22 heavy (non-hydrogen) atoms. The lowest BCUT2D eigenvalue weighted by Gasteiger charge is -2.07. The van der Waals surface area contributed by atoms with Crippen LogP contribution in [-0.4, -0.2) is 28.8 Å². The molecule has 7 heteroatoms. The Morgan fingerprint density at radius 1 is 1.50 bits per heavy atom. The average Bonchev–Trinajstić information content (AvgIpc) is 2.77. The molecule has 2 amide bonds. The number of anilines is 1. The first-order chi connectivity index (χ1) is 10.4. The molecule has 1 atom stereocenters. The maximum Gasteiger partial charge on any atom is 0.240 e. The highest BCUT2D eigenvalue weighted by molar-refractivity contribution is 8.15. The molecule has 5 nitrogen and oxygen atoms in total. The summed E-state index contributed by atoms with van der Waals surface area (Å²) < 4.78 is 0. The maximum atomic E-state index is 12.0. The van der Waals surface area contributed by atoms with E-state index in [9.17, 15) is 9.59 Å². The topological polar surface area (TPSA) is 70.6 Å². The number of carbonyl (C=O) groups excluding carboxylic acids is 2. The van der Waals surface area contributed by atoms with Gasteiger partial charge < -0.3 is 10.6 Å². The van der Waals surface area contributed by atoms with E-state index in [4.69, 9.17) is 11.6 Å². The molecule has 2 rings (SSSR count). The Morgan fingerprint density at radius 3 is 2.95 bits per heavy atom. The summed E-state index contributed by atoms with van der Waals surface area (Å²) in [5, 5.41) is 6.16. The quantitative estimate of drug-likeness (QED) is 0.866. The van der Waals surface area contributed by atoms with Gasteiger partial charge in [0, 0.05) is 23.7 Å². The number of thioether (sulfide) groups is 1. The van der Waals surface area contributed by atoms with E-state index >= 15 is 0 Å². The molecule has 1 aliphatic rings. The Balaban J connectivity index is 1.89. The van der Waals surface area contributed by atoms with Crippen LogP contribution in [0.1, 0.15) is 20.3 Å². The zero-order chi connectivity index (χ0) is 16.1. The molecule has 1 unspecified atom stereocenters. The Kier molecular flexibility index (Phi) is 5.85. The summed E-state index contributed by atoms with van der Waals surface area (Å²) in [6, 6.07) is 6.90. The van der Waals surface area contributed by atoms with Crippen LogP contribution in [0.15, 0.2) is 29.3 Å². The molecule has 1 fully saturated rings. The van der Waals surface area contributed by atoms with Crippen molar-refractivity contribution < 1.29 is 9.59 Å². The third-order valence-electron chi connectivity index (χ3n) is 2.86. The van der Waals surface area contributed by atoms with E-state index < -0.39 is 5.25 Å². The van der Waals surface area contributed by atoms with Crippen molar-refractivity contribution in [3.05, 3.63) is 29.3 Å². The lowest BCUT2D eigenvalue weighted by molar-refractivity contribution is -0.122. The normalized spacial score (nSPS) is 19.5. The molecule has 1 heterocycles. The number of hydrogen-bond donors (Lipinski definition) is 2. The van der Waals surface area contributed by atoms with E-state index in [-0.39, 0.29) is 18.2 Å². The Bertz CT molecular complexity index is 604. The minimum atomic E-state index is -0.440. The number of amides is 2. The number of hydrogen-bond acceptors (Lipinski definition) is 4. The molecular formula is C15H18ClN3O2S. The molecule has 0 saturated carbocycles. The zero-order valence-corrected chi connectivity index (χ0v) is 14.0. The Morgan fingerprint density at radius 2 is 2.27 bits per heavy atom. The van der Waals surface area contributed by atoms with Gasteiger partial charge in [0.1, 0.15) is 5.25 Å². The predicted molar refractivity (Wildman–Crippen MR) is 91.4 cm³/mol. The monoisotopic (exact) mass is 339 g/mol. The molecule has 0 aromatic heterocycles. The first-order valence-corrected chi connectivity index (χ1v) is 8.27. The smallest absolute Gasteiger partial charge is 0.240 e. The summed E-state index contributed by atoms with van der Waals surface area (Å²) in [4.78, 5) is 28.2. The second kappa shape index (κ2) is 7.65. The van der Waals surface area contributed by atoms with Crippen LogP contribution < -0.4 is 10.6 Å². The van der Waals surface area contributed by atoms with Crippen LogP contribution in [0, 0.1) is 5.92 Å². The highest BCUT2D eigenvalue weighted by Crippen LogP contribution is 2.23. The van der Waals surface area contributed by atoms with Gasteiger partial charge in [-0.2, -0.15) is 0 Å². The van der Waals surface area contributed by atoms with Crippen LogP contribution in [0.25, 0.3) is 0 Å². The summed E-state index contributed by atoms with van der Waals surface area (Å²) in [7, 11) is 0. The van der Waals surface area contributed by atoms with Crippen molar-refractivity contribution in [1.82, 2.24) is 5.32 Å². The number of benzene rings is 1. The molecule has 2 N–H and O–H groups in total. The third kappa shape index (κ3) is 5.03. The van der Waals surface area contributed by atoms with E-state index in [0.29, 0.717) is 28.3 Å². The SMILES string of the molecule is CC(C)CN=C1NC(=O)C(CC(=O)Nc2cccc(Cl)c2)S1. The lowest BCUT2D eigenvalue weighted by atomic mass is 10.2. The third-order valence-corrected chi connectivity index (χ3v) is 4.21. The van der Waals surface area contributed by atoms with E-state index in [2.05, 4.69) is 29.5 Å². The minimum Gasteiger partial charge on any atom is -0.326 e. The summed E-state index contributed by atoms with van der Waals surface area (Å²) in [5.41, 5.74) is 0.620. The molecule has 1 saturated heterocycles. The number of nitrogens with one attached hydrogen (secondary N) is 2. The summed E-state index contributed by atoms with van der Waals surface area (Å²) in [5.74, 6) is 0.0314. The predicted octanol–water partition coefficient (Wildman–Crippen LogP) is 2.91. The van der Waals surface area contributed by atoms with Gasteiger partial charge in [-0.3, -0.25) is 14.6 Å². The summed E-state index contributed by atoms with van der Waals surface area (Å²) >= 11 is 7.17. The first-order valence-electron chi connectivity index (χ1n) is 7.01. The van der Waals surface area contributed by atoms with Crippen LogP contribution in [-0.2, 0) is 9.59 Å². The van der Waals surface area contributed by atoms with E-state index in [1.807, 2.05) is 0 Å². The van der Waals surface area contributed by atoms with Gasteiger partial charge in [-0.25, -0.2) is 0 Å². The number of aliphatic imine (C=N–C) groups is 1. The van der Waals surface area contributed by atoms with Gasteiger partial charge in [-0.15, -0.1) is 0 Å². The number of carbonyl (C=O) groups is 2. The van der Waals surface area contributed by atoms with E-state index in [1.165, 1.54) is 11.8 Å². The molecule has 118 valence electrons. The fourth-order valence-corrected chi connectivity index (χ4v) is 3.00. The van der Waals surface area contributed by atoms with Crippen LogP contribution in [0.5, 0.6) is 0 Å². The zero-order valence-electron chi connectivity index (χ0n) is 12.4. The largest absolute Gasteiger partial charge is 0.326 e. The molecule has 0 bridgehead atoms. The molecule has 1 aromatic carbocycles. The van der Waals surface area contributed by atoms with Crippen molar-refractivity contribution in [2.24, 2.45) is 10.9 Å². The van der Waals surface area contributed by atoms with E-state index in [0.717, 1.165) is 0 Å². The van der Waals surface area contributed by atoms with Gasteiger partial charge in [0.15, 0.2) is 5.17 Å². The minimum absolute atomic E-state index is 0.101. The van der Waals surface area contributed by atoms with Crippen LogP contribution >= 0.6 is 23.4 Å². The maximum absolute atomic E-state index is 12.0. The van der Waals surface area contributed by atoms with Crippen molar-refractivity contribution in [3.8, 4) is 0 Å². The average molecular weight is 340 g/mol. The molecule has 0 spiro atoms. The van der Waals surface area contributed by atoms with Gasteiger partial charge in [-0.1, -0.05) is 43.3 Å². The van der Waals surface area contributed by atoms with Crippen molar-refractivity contribution >= 4 is 46.0 Å². The van der Waals surface area contributed by atoms with Gasteiger partial charge in [-0.05, 0) is 24.1 Å². The molecule has 1 aliphatic heterocycles. The van der Waals surface area contributed by atoms with Gasteiger partial charge >= 0.3 is 0 Å². The first kappa shape index (κ1) is 16.8. The molecule has 0 aliphatic carbocycles. The number of rotatable bonds is 5. The standard InChI is InChI=1S/C15H18ClN3O2S/c1-9(2)8-17-15-19-14(21)12(22-15)7-13(20)18-11-5-3-4-10(16)6-11/h3-6,9,12H,7-8H2,1-2H3,(H,18,20)(H,17,19,21). The lowest BCUT2D eigenvalue weighted by Crippen LogP contribution is -2.28. The van der Waals surface area contributed by atoms with Crippen molar-refractivity contribution in [1.29, 1.82) is 0 Å². The summed E-state index contributed by atoms with van der Waals surface area (Å²) in [6.07, 6.45) is 0.101. The Labute approximate surface area is 138 Å². The number of halogens is 1. The van der Waals surface area contributed by atoms with Crippen LogP contribution in [0.2, 0.25) is 5.02 Å². The highest BCUT2D eigenvalue weighted by Gasteiger charge is 2.31. The number of amidine groups is 1. The van der Waals surface area contributed by atoms with Gasteiger partial charge in [0.05, 0.1) is 0 Å². The van der Waals surface area contributed by atoms with Crippen molar-refractivity contribution in [3.63, 3.8) is 0 Å². The van der Waals surface area contributed by atoms with Gasteiger partial charge in [0.25, 0.3) is 0 Å². The van der Waals surface area contributed by atoms with Crippen molar-refractivity contribution in [2.75, 3.05) is 11.9 Å². The van der Waals surface area contributed by atoms with Gasteiger partial charge in [0.2, 0.25) is 11.8 Å². The summed E-state index contributed by atoms with van der Waals surface area (Å²) in [6.45, 7) is 4.77. The Hall–Kier alpha value is -1.53.